The van der Waals surface area contributed by atoms with Gasteiger partial charge in [0.2, 0.25) is 0 Å². The van der Waals surface area contributed by atoms with Crippen molar-refractivity contribution in [1.82, 2.24) is 0 Å². The Morgan fingerprint density at radius 1 is 0.765 bits per heavy atom. The SMILES string of the molecule is CC(C)(C)c1cc([SH](=O)=O)cc(C(C)(C)C)c1. The van der Waals surface area contributed by atoms with E-state index in [-0.39, 0.29) is 10.8 Å². The van der Waals surface area contributed by atoms with Gasteiger partial charge in [0.05, 0.1) is 4.90 Å². The summed E-state index contributed by atoms with van der Waals surface area (Å²) < 4.78 is 22.4. The first kappa shape index (κ1) is 14.2. The molecule has 0 saturated heterocycles. The standard InChI is InChI=1S/C14H22O2S/c1-13(2,3)10-7-11(14(4,5)6)9-12(8-10)17(15)16/h7-9,17H,1-6H3. The highest BCUT2D eigenvalue weighted by Gasteiger charge is 2.20. The lowest BCUT2D eigenvalue weighted by Crippen LogP contribution is -2.16. The van der Waals surface area contributed by atoms with Crippen LogP contribution < -0.4 is 0 Å². The van der Waals surface area contributed by atoms with Gasteiger partial charge in [0, 0.05) is 0 Å². The lowest BCUT2D eigenvalue weighted by atomic mass is 9.81. The third-order valence-corrected chi connectivity index (χ3v) is 3.54. The van der Waals surface area contributed by atoms with Crippen LogP contribution in [0.2, 0.25) is 0 Å². The van der Waals surface area contributed by atoms with Crippen molar-refractivity contribution in [2.75, 3.05) is 0 Å². The molecule has 2 nitrogen and oxygen atoms in total. The lowest BCUT2D eigenvalue weighted by molar-refractivity contribution is 0.564. The summed E-state index contributed by atoms with van der Waals surface area (Å²) >= 11 is 0. The zero-order valence-electron chi connectivity index (χ0n) is 11.5. The minimum Gasteiger partial charge on any atom is -0.227 e. The Labute approximate surface area is 106 Å². The second-order valence-electron chi connectivity index (χ2n) is 6.53. The summed E-state index contributed by atoms with van der Waals surface area (Å²) in [5.41, 5.74) is 2.06. The van der Waals surface area contributed by atoms with Gasteiger partial charge in [0.1, 0.15) is 0 Å². The fourth-order valence-corrected chi connectivity index (χ4v) is 2.07. The number of thiol groups is 1. The molecule has 0 unspecified atom stereocenters. The molecule has 96 valence electrons. The first-order valence-electron chi connectivity index (χ1n) is 5.82. The maximum Gasteiger partial charge on any atom is 0.168 e. The molecule has 0 saturated carbocycles. The molecule has 0 amide bonds. The summed E-state index contributed by atoms with van der Waals surface area (Å²) in [5.74, 6) is 0. The van der Waals surface area contributed by atoms with Crippen LogP contribution in [0.3, 0.4) is 0 Å². The first-order valence-corrected chi connectivity index (χ1v) is 7.00. The molecule has 0 radical (unpaired) electrons. The molecule has 0 aliphatic heterocycles. The molecule has 3 heteroatoms. The summed E-state index contributed by atoms with van der Waals surface area (Å²) in [6.45, 7) is 12.6. The van der Waals surface area contributed by atoms with Crippen molar-refractivity contribution in [3.63, 3.8) is 0 Å². The Hall–Kier alpha value is -0.830. The Bertz CT molecular complexity index is 446. The Morgan fingerprint density at radius 3 is 1.35 bits per heavy atom. The van der Waals surface area contributed by atoms with Crippen LogP contribution >= 0.6 is 0 Å². The molecule has 0 N–H and O–H groups in total. The quantitative estimate of drug-likeness (QED) is 0.781. The zero-order chi connectivity index (χ0) is 13.4. The fourth-order valence-electron chi connectivity index (χ4n) is 1.58. The summed E-state index contributed by atoms with van der Waals surface area (Å²) in [4.78, 5) is 0.414. The van der Waals surface area contributed by atoms with Crippen LogP contribution in [0, 0.1) is 0 Å². The Kier molecular flexibility index (Phi) is 3.72. The molecule has 0 bridgehead atoms. The number of hydrogen-bond donors (Lipinski definition) is 1. The molecule has 0 aromatic heterocycles. The molecule has 0 aliphatic rings. The summed E-state index contributed by atoms with van der Waals surface area (Å²) in [7, 11) is -2.52. The van der Waals surface area contributed by atoms with E-state index in [4.69, 9.17) is 0 Å². The third kappa shape index (κ3) is 3.56. The maximum absolute atomic E-state index is 11.2. The van der Waals surface area contributed by atoms with Crippen molar-refractivity contribution >= 4 is 10.7 Å². The van der Waals surface area contributed by atoms with E-state index in [9.17, 15) is 8.42 Å². The minimum absolute atomic E-state index is 0.0403. The van der Waals surface area contributed by atoms with Crippen LogP contribution in [0.5, 0.6) is 0 Å². The van der Waals surface area contributed by atoms with Gasteiger partial charge in [-0.1, -0.05) is 47.6 Å². The molecule has 0 heterocycles. The average Bonchev–Trinajstić information content (AvgIpc) is 2.14. The van der Waals surface area contributed by atoms with Gasteiger partial charge in [-0.15, -0.1) is 0 Å². The average molecular weight is 254 g/mol. The smallest absolute Gasteiger partial charge is 0.168 e. The van der Waals surface area contributed by atoms with Crippen molar-refractivity contribution in [3.05, 3.63) is 29.3 Å². The predicted molar refractivity (Wildman–Crippen MR) is 72.4 cm³/mol. The van der Waals surface area contributed by atoms with Crippen molar-refractivity contribution in [3.8, 4) is 0 Å². The van der Waals surface area contributed by atoms with Crippen LogP contribution in [-0.4, -0.2) is 8.42 Å². The van der Waals surface area contributed by atoms with E-state index < -0.39 is 10.7 Å². The third-order valence-electron chi connectivity index (χ3n) is 2.86. The zero-order valence-corrected chi connectivity index (χ0v) is 12.4. The lowest BCUT2D eigenvalue weighted by Gasteiger charge is -2.25. The van der Waals surface area contributed by atoms with Crippen molar-refractivity contribution in [2.45, 2.75) is 57.3 Å². The molecule has 0 aliphatic carbocycles. The number of hydrogen-bond acceptors (Lipinski definition) is 2. The van der Waals surface area contributed by atoms with Gasteiger partial charge in [-0.25, -0.2) is 8.42 Å². The number of rotatable bonds is 1. The van der Waals surface area contributed by atoms with Crippen LogP contribution in [0.4, 0.5) is 0 Å². The van der Waals surface area contributed by atoms with Crippen molar-refractivity contribution in [2.24, 2.45) is 0 Å². The molecule has 1 aromatic rings. The minimum atomic E-state index is -2.52. The maximum atomic E-state index is 11.2. The number of benzene rings is 1. The predicted octanol–water partition coefficient (Wildman–Crippen LogP) is 3.25. The van der Waals surface area contributed by atoms with Crippen LogP contribution in [0.1, 0.15) is 52.7 Å². The second-order valence-corrected chi connectivity index (χ2v) is 7.56. The van der Waals surface area contributed by atoms with E-state index in [1.165, 1.54) is 0 Å². The van der Waals surface area contributed by atoms with E-state index in [1.54, 1.807) is 12.1 Å². The van der Waals surface area contributed by atoms with Crippen LogP contribution in [0.25, 0.3) is 0 Å². The van der Waals surface area contributed by atoms with Crippen LogP contribution in [0.15, 0.2) is 23.1 Å². The largest absolute Gasteiger partial charge is 0.227 e. The van der Waals surface area contributed by atoms with E-state index in [0.29, 0.717) is 4.90 Å². The van der Waals surface area contributed by atoms with Gasteiger partial charge in [0.15, 0.2) is 10.7 Å². The topological polar surface area (TPSA) is 34.1 Å². The van der Waals surface area contributed by atoms with Gasteiger partial charge < -0.3 is 0 Å². The highest BCUT2D eigenvalue weighted by molar-refractivity contribution is 7.72. The first-order chi connectivity index (χ1) is 7.51. The van der Waals surface area contributed by atoms with E-state index in [0.717, 1.165) is 11.1 Å². The molecule has 1 aromatic carbocycles. The van der Waals surface area contributed by atoms with Gasteiger partial charge in [-0.2, -0.15) is 0 Å². The molecule has 0 atom stereocenters. The fraction of sp³-hybridized carbons (Fsp3) is 0.571. The van der Waals surface area contributed by atoms with Gasteiger partial charge in [0.25, 0.3) is 0 Å². The normalized spacial score (nSPS) is 13.1. The molecule has 0 spiro atoms. The van der Waals surface area contributed by atoms with E-state index in [2.05, 4.69) is 47.6 Å². The molecule has 1 rings (SSSR count). The Morgan fingerprint density at radius 2 is 1.12 bits per heavy atom. The van der Waals surface area contributed by atoms with Crippen LogP contribution in [-0.2, 0) is 21.5 Å². The molecule has 17 heavy (non-hydrogen) atoms. The summed E-state index contributed by atoms with van der Waals surface area (Å²) in [6, 6.07) is 5.67. The summed E-state index contributed by atoms with van der Waals surface area (Å²) in [5, 5.41) is 0. The molecule has 0 fully saturated rings. The van der Waals surface area contributed by atoms with Crippen molar-refractivity contribution < 1.29 is 8.42 Å². The van der Waals surface area contributed by atoms with Gasteiger partial charge >= 0.3 is 0 Å². The highest BCUT2D eigenvalue weighted by Crippen LogP contribution is 2.30. The monoisotopic (exact) mass is 254 g/mol. The van der Waals surface area contributed by atoms with Gasteiger partial charge in [-0.05, 0) is 34.1 Å². The van der Waals surface area contributed by atoms with Gasteiger partial charge in [-0.3, -0.25) is 0 Å². The van der Waals surface area contributed by atoms with E-state index in [1.807, 2.05) is 0 Å². The Balaban J connectivity index is 3.50. The van der Waals surface area contributed by atoms with Crippen molar-refractivity contribution in [1.29, 1.82) is 0 Å². The molecular weight excluding hydrogens is 232 g/mol. The molecular formula is C14H22O2S. The second kappa shape index (κ2) is 4.45. The summed E-state index contributed by atoms with van der Waals surface area (Å²) in [6.07, 6.45) is 0. The highest BCUT2D eigenvalue weighted by atomic mass is 32.2. The van der Waals surface area contributed by atoms with E-state index >= 15 is 0 Å².